The predicted octanol–water partition coefficient (Wildman–Crippen LogP) is 1.96. The molecule has 0 radical (unpaired) electrons. The number of nitrogens with two attached hydrogens (primary N) is 1. The maximum Gasteiger partial charge on any atom is 0.132 e. The van der Waals surface area contributed by atoms with Crippen LogP contribution < -0.4 is 5.73 Å². The first-order valence-corrected chi connectivity index (χ1v) is 3.16. The van der Waals surface area contributed by atoms with E-state index in [1.165, 1.54) is 0 Å². The Morgan fingerprint density at radius 2 is 2.40 bits per heavy atom. The normalized spacial score (nSPS) is 9.30. The third kappa shape index (κ3) is 1.11. The molecule has 1 aromatic rings. The Kier molecular flexibility index (Phi) is 1.92. The molecule has 0 aliphatic heterocycles. The van der Waals surface area contributed by atoms with Crippen LogP contribution in [0.5, 0.6) is 0 Å². The highest BCUT2D eigenvalue weighted by Crippen LogP contribution is 2.19. The van der Waals surface area contributed by atoms with Crippen LogP contribution in [0.15, 0.2) is 18.8 Å². The lowest BCUT2D eigenvalue weighted by molar-refractivity contribution is 1.33. The van der Waals surface area contributed by atoms with Gasteiger partial charge in [-0.2, -0.15) is 0 Å². The summed E-state index contributed by atoms with van der Waals surface area (Å²) in [7, 11) is 0. The van der Waals surface area contributed by atoms with Crippen molar-refractivity contribution in [2.45, 2.75) is 0 Å². The monoisotopic (exact) mass is 154 g/mol. The summed E-state index contributed by atoms with van der Waals surface area (Å²) in [6, 6.07) is 1.68. The molecule has 0 saturated carbocycles. The minimum atomic E-state index is 0.419. The quantitative estimate of drug-likeness (QED) is 0.672. The van der Waals surface area contributed by atoms with Crippen LogP contribution in [-0.2, 0) is 0 Å². The number of anilines is 1. The Morgan fingerprint density at radius 3 is 2.80 bits per heavy atom. The van der Waals surface area contributed by atoms with Gasteiger partial charge in [0.05, 0.1) is 5.02 Å². The van der Waals surface area contributed by atoms with Gasteiger partial charge < -0.3 is 5.73 Å². The molecule has 0 amide bonds. The number of aromatic nitrogens is 1. The summed E-state index contributed by atoms with van der Waals surface area (Å²) >= 11 is 5.74. The average molecular weight is 155 g/mol. The first-order chi connectivity index (χ1) is 4.75. The van der Waals surface area contributed by atoms with Gasteiger partial charge in [0, 0.05) is 11.8 Å². The van der Waals surface area contributed by atoms with Crippen molar-refractivity contribution in [3.8, 4) is 0 Å². The second-order valence-corrected chi connectivity index (χ2v) is 2.20. The van der Waals surface area contributed by atoms with E-state index in [1.807, 2.05) is 0 Å². The Bertz CT molecular complexity index is 238. The van der Waals surface area contributed by atoms with E-state index in [-0.39, 0.29) is 0 Å². The van der Waals surface area contributed by atoms with Crippen LogP contribution in [-0.4, -0.2) is 4.98 Å². The molecule has 10 heavy (non-hydrogen) atoms. The zero-order valence-corrected chi connectivity index (χ0v) is 6.10. The molecule has 0 fully saturated rings. The number of nitrogen functional groups attached to an aromatic ring is 1. The molecular formula is C7H7ClN2. The number of hydrogen-bond donors (Lipinski definition) is 1. The van der Waals surface area contributed by atoms with Crippen molar-refractivity contribution in [3.05, 3.63) is 29.4 Å². The molecule has 1 heterocycles. The van der Waals surface area contributed by atoms with Crippen LogP contribution in [0.4, 0.5) is 5.82 Å². The van der Waals surface area contributed by atoms with Gasteiger partial charge in [-0.1, -0.05) is 24.3 Å². The van der Waals surface area contributed by atoms with Crippen molar-refractivity contribution in [3.63, 3.8) is 0 Å². The van der Waals surface area contributed by atoms with Crippen LogP contribution in [0.1, 0.15) is 5.56 Å². The fourth-order valence-corrected chi connectivity index (χ4v) is 0.897. The molecule has 1 aromatic heterocycles. The van der Waals surface area contributed by atoms with Gasteiger partial charge in [0.15, 0.2) is 0 Å². The highest BCUT2D eigenvalue weighted by atomic mass is 35.5. The van der Waals surface area contributed by atoms with E-state index in [4.69, 9.17) is 17.3 Å². The van der Waals surface area contributed by atoms with E-state index in [1.54, 1.807) is 18.3 Å². The second-order valence-electron chi connectivity index (χ2n) is 1.80. The predicted molar refractivity (Wildman–Crippen MR) is 43.8 cm³/mol. The van der Waals surface area contributed by atoms with Gasteiger partial charge in [0.25, 0.3) is 0 Å². The first-order valence-electron chi connectivity index (χ1n) is 2.78. The van der Waals surface area contributed by atoms with Gasteiger partial charge >= 0.3 is 0 Å². The summed E-state index contributed by atoms with van der Waals surface area (Å²) in [5.74, 6) is 0.419. The maximum absolute atomic E-state index is 5.74. The molecule has 0 aromatic carbocycles. The third-order valence-electron chi connectivity index (χ3n) is 1.17. The molecule has 2 nitrogen and oxygen atoms in total. The van der Waals surface area contributed by atoms with E-state index in [0.29, 0.717) is 16.4 Å². The zero-order chi connectivity index (χ0) is 7.56. The summed E-state index contributed by atoms with van der Waals surface area (Å²) in [4.78, 5) is 3.83. The third-order valence-corrected chi connectivity index (χ3v) is 1.50. The zero-order valence-electron chi connectivity index (χ0n) is 5.34. The minimum Gasteiger partial charge on any atom is -0.383 e. The molecule has 52 valence electrons. The molecule has 0 saturated heterocycles. The van der Waals surface area contributed by atoms with E-state index in [2.05, 4.69) is 11.6 Å². The lowest BCUT2D eigenvalue weighted by atomic mass is 10.2. The van der Waals surface area contributed by atoms with Gasteiger partial charge in [-0.05, 0) is 6.07 Å². The van der Waals surface area contributed by atoms with E-state index >= 15 is 0 Å². The standard InChI is InChI=1S/C7H7ClN2/c1-2-5-6(8)3-4-10-7(5)9/h2-4H,1H2,(H2,9,10). The van der Waals surface area contributed by atoms with Crippen molar-refractivity contribution < 1.29 is 0 Å². The topological polar surface area (TPSA) is 38.9 Å². The van der Waals surface area contributed by atoms with Crippen LogP contribution in [0.3, 0.4) is 0 Å². The number of halogens is 1. The summed E-state index contributed by atoms with van der Waals surface area (Å²) in [6.45, 7) is 3.55. The van der Waals surface area contributed by atoms with Crippen molar-refractivity contribution in [1.29, 1.82) is 0 Å². The highest BCUT2D eigenvalue weighted by molar-refractivity contribution is 6.32. The molecule has 0 aliphatic carbocycles. The van der Waals surface area contributed by atoms with Crippen LogP contribution in [0, 0.1) is 0 Å². The Labute approximate surface area is 64.3 Å². The van der Waals surface area contributed by atoms with E-state index in [0.717, 1.165) is 0 Å². The Hall–Kier alpha value is -1.02. The second kappa shape index (κ2) is 2.71. The molecule has 0 unspecified atom stereocenters. The van der Waals surface area contributed by atoms with Gasteiger partial charge in [-0.25, -0.2) is 4.98 Å². The summed E-state index contributed by atoms with van der Waals surface area (Å²) in [5, 5.41) is 0.586. The fraction of sp³-hybridized carbons (Fsp3) is 0. The van der Waals surface area contributed by atoms with Crippen LogP contribution in [0.25, 0.3) is 6.08 Å². The molecule has 0 aliphatic rings. The Morgan fingerprint density at radius 1 is 1.70 bits per heavy atom. The van der Waals surface area contributed by atoms with Gasteiger partial charge in [-0.15, -0.1) is 0 Å². The SMILES string of the molecule is C=Cc1c(Cl)ccnc1N. The molecule has 0 atom stereocenters. The van der Waals surface area contributed by atoms with Crippen molar-refractivity contribution in [2.24, 2.45) is 0 Å². The highest BCUT2D eigenvalue weighted by Gasteiger charge is 1.98. The smallest absolute Gasteiger partial charge is 0.132 e. The van der Waals surface area contributed by atoms with Crippen LogP contribution >= 0.6 is 11.6 Å². The van der Waals surface area contributed by atoms with Gasteiger partial charge in [0.1, 0.15) is 5.82 Å². The maximum atomic E-state index is 5.74. The molecule has 1 rings (SSSR count). The van der Waals surface area contributed by atoms with Crippen molar-refractivity contribution >= 4 is 23.5 Å². The van der Waals surface area contributed by atoms with Crippen molar-refractivity contribution in [2.75, 3.05) is 5.73 Å². The molecule has 3 heteroatoms. The lowest BCUT2D eigenvalue weighted by Gasteiger charge is -1.98. The average Bonchev–Trinajstić information content (AvgIpc) is 1.88. The number of nitrogens with zero attached hydrogens (tertiary/aromatic N) is 1. The fourth-order valence-electron chi connectivity index (χ4n) is 0.667. The minimum absolute atomic E-state index is 0.419. The first kappa shape index (κ1) is 7.09. The molecule has 0 bridgehead atoms. The number of pyridine rings is 1. The summed E-state index contributed by atoms with van der Waals surface area (Å²) in [5.41, 5.74) is 6.16. The molecular weight excluding hydrogens is 148 g/mol. The Balaban J connectivity index is 3.30. The molecule has 0 spiro atoms. The van der Waals surface area contributed by atoms with Crippen molar-refractivity contribution in [1.82, 2.24) is 4.98 Å². The van der Waals surface area contributed by atoms with Gasteiger partial charge in [-0.3, -0.25) is 0 Å². The van der Waals surface area contributed by atoms with E-state index in [9.17, 15) is 0 Å². The molecule has 2 N–H and O–H groups in total. The number of rotatable bonds is 1. The van der Waals surface area contributed by atoms with Gasteiger partial charge in [0.2, 0.25) is 0 Å². The number of hydrogen-bond acceptors (Lipinski definition) is 2. The van der Waals surface area contributed by atoms with Crippen LogP contribution in [0.2, 0.25) is 5.02 Å². The summed E-state index contributed by atoms with van der Waals surface area (Å²) < 4.78 is 0. The summed E-state index contributed by atoms with van der Waals surface area (Å²) in [6.07, 6.45) is 3.15. The lowest BCUT2D eigenvalue weighted by Crippen LogP contribution is -1.92. The van der Waals surface area contributed by atoms with E-state index < -0.39 is 0 Å². The largest absolute Gasteiger partial charge is 0.383 e.